The van der Waals surface area contributed by atoms with Crippen molar-refractivity contribution in [1.82, 2.24) is 0 Å². The van der Waals surface area contributed by atoms with E-state index >= 15 is 0 Å². The van der Waals surface area contributed by atoms with Crippen LogP contribution in [0.25, 0.3) is 6.08 Å². The van der Waals surface area contributed by atoms with Crippen molar-refractivity contribution < 1.29 is 9.53 Å². The Morgan fingerprint density at radius 1 is 1.20 bits per heavy atom. The number of rotatable bonds is 3. The summed E-state index contributed by atoms with van der Waals surface area (Å²) < 4.78 is 5.76. The first kappa shape index (κ1) is 11.5. The van der Waals surface area contributed by atoms with Gasteiger partial charge in [-0.3, -0.25) is 4.79 Å². The van der Waals surface area contributed by atoms with Gasteiger partial charge in [0.2, 0.25) is 0 Å². The lowest BCUT2D eigenvalue weighted by Gasteiger charge is -2.22. The minimum Gasteiger partial charge on any atom is -0.488 e. The zero-order valence-electron chi connectivity index (χ0n) is 9.36. The fourth-order valence-electron chi connectivity index (χ4n) is 1.18. The first-order valence-corrected chi connectivity index (χ1v) is 4.93. The minimum atomic E-state index is -0.231. The van der Waals surface area contributed by atoms with Crippen molar-refractivity contribution >= 4 is 12.4 Å². The number of allylic oxidation sites excluding steroid dienone is 1. The summed E-state index contributed by atoms with van der Waals surface area (Å²) in [5.74, 6) is 0.795. The molecule has 0 amide bonds. The molecule has 0 spiro atoms. The maximum atomic E-state index is 10.2. The zero-order valence-corrected chi connectivity index (χ0v) is 9.36. The summed E-state index contributed by atoms with van der Waals surface area (Å²) in [6, 6.07) is 7.65. The maximum absolute atomic E-state index is 10.2. The van der Waals surface area contributed by atoms with E-state index in [1.807, 2.05) is 45.0 Å². The Kier molecular flexibility index (Phi) is 3.67. The molecule has 1 rings (SSSR count). The van der Waals surface area contributed by atoms with Crippen LogP contribution in [0.1, 0.15) is 26.3 Å². The molecular formula is C13H16O2. The number of aldehydes is 1. The van der Waals surface area contributed by atoms with E-state index in [4.69, 9.17) is 4.74 Å². The van der Waals surface area contributed by atoms with E-state index in [0.29, 0.717) is 0 Å². The highest BCUT2D eigenvalue weighted by atomic mass is 16.5. The topological polar surface area (TPSA) is 26.3 Å². The van der Waals surface area contributed by atoms with E-state index in [2.05, 4.69) is 0 Å². The highest BCUT2D eigenvalue weighted by Gasteiger charge is 2.12. The standard InChI is InChI=1S/C13H16O2/c1-13(2,3)15-12-9-5-4-7-11(12)8-6-10-14/h4-10H,1-3H3/b8-6+. The molecule has 0 heterocycles. The Morgan fingerprint density at radius 2 is 1.87 bits per heavy atom. The SMILES string of the molecule is CC(C)(C)Oc1ccccc1/C=C/C=O. The van der Waals surface area contributed by atoms with Gasteiger partial charge in [0.25, 0.3) is 0 Å². The van der Waals surface area contributed by atoms with Crippen molar-refractivity contribution in [2.24, 2.45) is 0 Å². The lowest BCUT2D eigenvalue weighted by atomic mass is 10.1. The van der Waals surface area contributed by atoms with Crippen LogP contribution in [0, 0.1) is 0 Å². The van der Waals surface area contributed by atoms with Crippen LogP contribution in [0.4, 0.5) is 0 Å². The molecule has 0 saturated carbocycles. The van der Waals surface area contributed by atoms with Crippen LogP contribution in [0.3, 0.4) is 0 Å². The van der Waals surface area contributed by atoms with E-state index in [9.17, 15) is 4.79 Å². The number of hydrogen-bond acceptors (Lipinski definition) is 2. The summed E-state index contributed by atoms with van der Waals surface area (Å²) in [7, 11) is 0. The van der Waals surface area contributed by atoms with Gasteiger partial charge in [-0.25, -0.2) is 0 Å². The van der Waals surface area contributed by atoms with Crippen LogP contribution in [0.2, 0.25) is 0 Å². The van der Waals surface area contributed by atoms with Crippen LogP contribution in [-0.2, 0) is 4.79 Å². The van der Waals surface area contributed by atoms with E-state index in [-0.39, 0.29) is 5.60 Å². The highest BCUT2D eigenvalue weighted by molar-refractivity contribution is 5.75. The Hall–Kier alpha value is -1.57. The summed E-state index contributed by atoms with van der Waals surface area (Å²) in [6.45, 7) is 5.98. The molecule has 15 heavy (non-hydrogen) atoms. The predicted octanol–water partition coefficient (Wildman–Crippen LogP) is 3.08. The molecule has 1 aromatic rings. The van der Waals surface area contributed by atoms with Gasteiger partial charge in [-0.1, -0.05) is 18.2 Å². The van der Waals surface area contributed by atoms with E-state index in [0.717, 1.165) is 17.6 Å². The average Bonchev–Trinajstić information content (AvgIpc) is 2.14. The van der Waals surface area contributed by atoms with Gasteiger partial charge in [0.15, 0.2) is 0 Å². The molecular weight excluding hydrogens is 188 g/mol. The van der Waals surface area contributed by atoms with E-state index in [1.165, 1.54) is 6.08 Å². The largest absolute Gasteiger partial charge is 0.488 e. The lowest BCUT2D eigenvalue weighted by molar-refractivity contribution is -0.104. The average molecular weight is 204 g/mol. The summed E-state index contributed by atoms with van der Waals surface area (Å²) in [6.07, 6.45) is 3.97. The predicted molar refractivity (Wildman–Crippen MR) is 61.9 cm³/mol. The van der Waals surface area contributed by atoms with Gasteiger partial charge in [-0.2, -0.15) is 0 Å². The molecule has 0 aliphatic heterocycles. The Balaban J connectivity index is 2.96. The van der Waals surface area contributed by atoms with Crippen molar-refractivity contribution in [3.63, 3.8) is 0 Å². The molecule has 0 saturated heterocycles. The second kappa shape index (κ2) is 4.78. The number of ether oxygens (including phenoxy) is 1. The molecule has 0 radical (unpaired) electrons. The quantitative estimate of drug-likeness (QED) is 0.558. The van der Waals surface area contributed by atoms with Gasteiger partial charge in [-0.05, 0) is 39.0 Å². The fraction of sp³-hybridized carbons (Fsp3) is 0.308. The van der Waals surface area contributed by atoms with Crippen molar-refractivity contribution in [2.75, 3.05) is 0 Å². The van der Waals surface area contributed by atoms with Crippen molar-refractivity contribution in [3.8, 4) is 5.75 Å². The molecule has 0 aromatic heterocycles. The molecule has 0 fully saturated rings. The van der Waals surface area contributed by atoms with Gasteiger partial charge in [0.05, 0.1) is 0 Å². The number of carbonyl (C=O) groups is 1. The molecule has 0 aliphatic rings. The fourth-order valence-corrected chi connectivity index (χ4v) is 1.18. The molecule has 0 atom stereocenters. The lowest BCUT2D eigenvalue weighted by Crippen LogP contribution is -2.23. The van der Waals surface area contributed by atoms with Crippen LogP contribution in [0.5, 0.6) is 5.75 Å². The molecule has 0 bridgehead atoms. The molecule has 0 N–H and O–H groups in total. The monoisotopic (exact) mass is 204 g/mol. The molecule has 2 heteroatoms. The van der Waals surface area contributed by atoms with Gasteiger partial charge < -0.3 is 4.74 Å². The number of carbonyl (C=O) groups excluding carboxylic acids is 1. The second-order valence-corrected chi connectivity index (χ2v) is 4.25. The van der Waals surface area contributed by atoms with Crippen molar-refractivity contribution in [3.05, 3.63) is 35.9 Å². The third kappa shape index (κ3) is 3.98. The first-order valence-electron chi connectivity index (χ1n) is 4.93. The van der Waals surface area contributed by atoms with Crippen LogP contribution >= 0.6 is 0 Å². The number of hydrogen-bond donors (Lipinski definition) is 0. The zero-order chi connectivity index (χ0) is 11.3. The highest BCUT2D eigenvalue weighted by Crippen LogP contribution is 2.23. The summed E-state index contributed by atoms with van der Waals surface area (Å²) in [4.78, 5) is 10.2. The Bertz CT molecular complexity index is 359. The minimum absolute atomic E-state index is 0.231. The van der Waals surface area contributed by atoms with Gasteiger partial charge in [0.1, 0.15) is 17.6 Å². The Labute approximate surface area is 90.6 Å². The van der Waals surface area contributed by atoms with Crippen LogP contribution in [0.15, 0.2) is 30.3 Å². The smallest absolute Gasteiger partial charge is 0.142 e. The number of benzene rings is 1. The summed E-state index contributed by atoms with van der Waals surface area (Å²) >= 11 is 0. The number of para-hydroxylation sites is 1. The van der Waals surface area contributed by atoms with Crippen LogP contribution < -0.4 is 4.74 Å². The molecule has 0 unspecified atom stereocenters. The maximum Gasteiger partial charge on any atom is 0.142 e. The third-order valence-corrected chi connectivity index (χ3v) is 1.69. The first-order chi connectivity index (χ1) is 7.03. The van der Waals surface area contributed by atoms with Crippen molar-refractivity contribution in [1.29, 1.82) is 0 Å². The van der Waals surface area contributed by atoms with Gasteiger partial charge in [-0.15, -0.1) is 0 Å². The van der Waals surface area contributed by atoms with E-state index in [1.54, 1.807) is 6.08 Å². The summed E-state index contributed by atoms with van der Waals surface area (Å²) in [5.41, 5.74) is 0.685. The third-order valence-electron chi connectivity index (χ3n) is 1.69. The van der Waals surface area contributed by atoms with Crippen molar-refractivity contribution in [2.45, 2.75) is 26.4 Å². The van der Waals surface area contributed by atoms with Crippen LogP contribution in [-0.4, -0.2) is 11.9 Å². The van der Waals surface area contributed by atoms with Gasteiger partial charge >= 0.3 is 0 Å². The summed E-state index contributed by atoms with van der Waals surface area (Å²) in [5, 5.41) is 0. The van der Waals surface area contributed by atoms with E-state index < -0.39 is 0 Å². The van der Waals surface area contributed by atoms with Gasteiger partial charge in [0, 0.05) is 5.56 Å². The molecule has 80 valence electrons. The molecule has 0 aliphatic carbocycles. The normalized spacial score (nSPS) is 11.7. The molecule has 1 aromatic carbocycles. The molecule has 2 nitrogen and oxygen atoms in total. The second-order valence-electron chi connectivity index (χ2n) is 4.25. The Morgan fingerprint density at radius 3 is 2.47 bits per heavy atom.